The van der Waals surface area contributed by atoms with E-state index in [1.807, 2.05) is 71.0 Å². The van der Waals surface area contributed by atoms with Crippen LogP contribution in [0.1, 0.15) is 50.3 Å². The molecule has 0 heterocycles. The summed E-state index contributed by atoms with van der Waals surface area (Å²) in [4.78, 5) is 29.0. The lowest BCUT2D eigenvalue weighted by Crippen LogP contribution is -2.53. The third kappa shape index (κ3) is 7.26. The zero-order valence-electron chi connectivity index (χ0n) is 23.4. The van der Waals surface area contributed by atoms with Crippen molar-refractivity contribution in [1.82, 2.24) is 10.2 Å². The Morgan fingerprint density at radius 1 is 0.846 bits per heavy atom. The first-order chi connectivity index (χ1) is 18.6. The minimum absolute atomic E-state index is 0.0508. The van der Waals surface area contributed by atoms with E-state index >= 15 is 0 Å². The minimum atomic E-state index is -4.09. The zero-order chi connectivity index (χ0) is 28.6. The molecular weight excluding hydrogens is 510 g/mol. The Balaban J connectivity index is 2.08. The molecule has 0 saturated heterocycles. The van der Waals surface area contributed by atoms with Crippen LogP contribution in [0.4, 0.5) is 5.69 Å². The topological polar surface area (TPSA) is 86.8 Å². The minimum Gasteiger partial charge on any atom is -0.352 e. The standard InChI is InChI=1S/C31H39N3O4S/c1-6-24(4)32-31(36)28(7-2)33(21-26-16-10-8-11-17-26)30(35)22-34(29-20-14-15-23(3)25(29)5)39(37,38)27-18-12-9-13-19-27/h8-20,24,28H,6-7,21-22H2,1-5H3,(H,32,36)/t24-,28+/m1/s1. The smallest absolute Gasteiger partial charge is 0.264 e. The van der Waals surface area contributed by atoms with Gasteiger partial charge in [0.1, 0.15) is 12.6 Å². The van der Waals surface area contributed by atoms with Gasteiger partial charge in [-0.2, -0.15) is 0 Å². The molecule has 0 spiro atoms. The van der Waals surface area contributed by atoms with Gasteiger partial charge in [-0.05, 0) is 68.5 Å². The highest BCUT2D eigenvalue weighted by atomic mass is 32.2. The number of sulfonamides is 1. The summed E-state index contributed by atoms with van der Waals surface area (Å²) in [5, 5.41) is 2.99. The van der Waals surface area contributed by atoms with Crippen molar-refractivity contribution in [2.75, 3.05) is 10.8 Å². The van der Waals surface area contributed by atoms with Crippen LogP contribution in [-0.2, 0) is 26.2 Å². The van der Waals surface area contributed by atoms with Crippen molar-refractivity contribution < 1.29 is 18.0 Å². The molecule has 3 rings (SSSR count). The summed E-state index contributed by atoms with van der Waals surface area (Å²) in [5.41, 5.74) is 2.96. The Hall–Kier alpha value is -3.65. The number of aryl methyl sites for hydroxylation is 1. The third-order valence-electron chi connectivity index (χ3n) is 7.04. The van der Waals surface area contributed by atoms with Crippen molar-refractivity contribution in [2.45, 2.75) is 71.0 Å². The van der Waals surface area contributed by atoms with E-state index in [4.69, 9.17) is 0 Å². The van der Waals surface area contributed by atoms with Gasteiger partial charge in [0, 0.05) is 12.6 Å². The molecule has 8 heteroatoms. The molecule has 0 radical (unpaired) electrons. The Morgan fingerprint density at radius 3 is 2.05 bits per heavy atom. The van der Waals surface area contributed by atoms with Crippen LogP contribution in [0, 0.1) is 13.8 Å². The monoisotopic (exact) mass is 549 g/mol. The fraction of sp³-hybridized carbons (Fsp3) is 0.355. The molecule has 0 bridgehead atoms. The summed E-state index contributed by atoms with van der Waals surface area (Å²) in [6.45, 7) is 9.24. The zero-order valence-corrected chi connectivity index (χ0v) is 24.2. The van der Waals surface area contributed by atoms with Gasteiger partial charge in [-0.15, -0.1) is 0 Å². The fourth-order valence-corrected chi connectivity index (χ4v) is 5.87. The third-order valence-corrected chi connectivity index (χ3v) is 8.81. The number of hydrogen-bond donors (Lipinski definition) is 1. The van der Waals surface area contributed by atoms with Gasteiger partial charge >= 0.3 is 0 Å². The Morgan fingerprint density at radius 2 is 1.46 bits per heavy atom. The van der Waals surface area contributed by atoms with Crippen LogP contribution in [0.3, 0.4) is 0 Å². The number of rotatable bonds is 12. The van der Waals surface area contributed by atoms with Gasteiger partial charge in [-0.25, -0.2) is 8.42 Å². The Kier molecular flexibility index (Phi) is 10.3. The highest BCUT2D eigenvalue weighted by Crippen LogP contribution is 2.29. The lowest BCUT2D eigenvalue weighted by atomic mass is 10.1. The van der Waals surface area contributed by atoms with E-state index in [9.17, 15) is 18.0 Å². The van der Waals surface area contributed by atoms with Crippen LogP contribution in [0.5, 0.6) is 0 Å². The van der Waals surface area contributed by atoms with Gasteiger partial charge in [0.2, 0.25) is 11.8 Å². The predicted octanol–water partition coefficient (Wildman–Crippen LogP) is 5.22. The Labute approximate surface area is 232 Å². The van der Waals surface area contributed by atoms with Crippen LogP contribution in [0.2, 0.25) is 0 Å². The second kappa shape index (κ2) is 13.4. The number of carbonyl (C=O) groups is 2. The van der Waals surface area contributed by atoms with E-state index in [1.54, 1.807) is 30.3 Å². The van der Waals surface area contributed by atoms with Crippen molar-refractivity contribution >= 4 is 27.5 Å². The predicted molar refractivity (Wildman–Crippen MR) is 156 cm³/mol. The van der Waals surface area contributed by atoms with Crippen molar-refractivity contribution in [3.8, 4) is 0 Å². The maximum absolute atomic E-state index is 14.1. The number of benzene rings is 3. The van der Waals surface area contributed by atoms with Crippen molar-refractivity contribution in [3.05, 3.63) is 95.6 Å². The maximum atomic E-state index is 14.1. The van der Waals surface area contributed by atoms with E-state index in [0.29, 0.717) is 12.1 Å². The number of carbonyl (C=O) groups excluding carboxylic acids is 2. The lowest BCUT2D eigenvalue weighted by Gasteiger charge is -2.34. The van der Waals surface area contributed by atoms with Crippen LogP contribution >= 0.6 is 0 Å². The summed E-state index contributed by atoms with van der Waals surface area (Å²) in [6.07, 6.45) is 1.14. The average Bonchev–Trinajstić information content (AvgIpc) is 2.94. The SMILES string of the molecule is CC[C@@H](C)NC(=O)[C@H](CC)N(Cc1ccccc1)C(=O)CN(c1cccc(C)c1C)S(=O)(=O)c1ccccc1. The first kappa shape index (κ1) is 29.9. The largest absolute Gasteiger partial charge is 0.352 e. The normalized spacial score (nSPS) is 12.8. The highest BCUT2D eigenvalue weighted by molar-refractivity contribution is 7.92. The number of anilines is 1. The summed E-state index contributed by atoms with van der Waals surface area (Å²) >= 11 is 0. The van der Waals surface area contributed by atoms with Gasteiger partial charge in [0.05, 0.1) is 10.6 Å². The summed E-state index contributed by atoms with van der Waals surface area (Å²) in [6, 6.07) is 22.1. The number of hydrogen-bond acceptors (Lipinski definition) is 4. The van der Waals surface area contributed by atoms with E-state index in [1.165, 1.54) is 21.3 Å². The first-order valence-corrected chi connectivity index (χ1v) is 14.8. The van der Waals surface area contributed by atoms with E-state index < -0.39 is 28.5 Å². The van der Waals surface area contributed by atoms with E-state index in [0.717, 1.165) is 23.1 Å². The molecule has 0 aliphatic carbocycles. The molecule has 39 heavy (non-hydrogen) atoms. The molecule has 3 aromatic rings. The molecule has 2 amide bonds. The van der Waals surface area contributed by atoms with Gasteiger partial charge in [-0.1, -0.05) is 74.5 Å². The summed E-state index contributed by atoms with van der Waals surface area (Å²) in [5.74, 6) is -0.703. The van der Waals surface area contributed by atoms with Crippen molar-refractivity contribution in [2.24, 2.45) is 0 Å². The number of amides is 2. The molecule has 0 fully saturated rings. The molecule has 2 atom stereocenters. The van der Waals surface area contributed by atoms with Crippen LogP contribution < -0.4 is 9.62 Å². The summed E-state index contributed by atoms with van der Waals surface area (Å²) in [7, 11) is -4.09. The molecule has 0 aromatic heterocycles. The van der Waals surface area contributed by atoms with Crippen molar-refractivity contribution in [3.63, 3.8) is 0 Å². The van der Waals surface area contributed by atoms with Crippen LogP contribution in [-0.4, -0.2) is 43.8 Å². The quantitative estimate of drug-likeness (QED) is 0.336. The second-order valence-electron chi connectivity index (χ2n) is 9.79. The van der Waals surface area contributed by atoms with Crippen molar-refractivity contribution in [1.29, 1.82) is 0 Å². The second-order valence-corrected chi connectivity index (χ2v) is 11.7. The average molecular weight is 550 g/mol. The lowest BCUT2D eigenvalue weighted by molar-refractivity contribution is -0.140. The molecule has 208 valence electrons. The molecule has 1 N–H and O–H groups in total. The van der Waals surface area contributed by atoms with Crippen LogP contribution in [0.25, 0.3) is 0 Å². The first-order valence-electron chi connectivity index (χ1n) is 13.4. The van der Waals surface area contributed by atoms with E-state index in [-0.39, 0.29) is 23.4 Å². The molecule has 0 aliphatic rings. The maximum Gasteiger partial charge on any atom is 0.264 e. The molecule has 3 aromatic carbocycles. The number of nitrogens with one attached hydrogen (secondary N) is 1. The number of nitrogens with zero attached hydrogens (tertiary/aromatic N) is 2. The van der Waals surface area contributed by atoms with Gasteiger partial charge in [0.15, 0.2) is 0 Å². The molecule has 0 aliphatic heterocycles. The molecular formula is C31H39N3O4S. The van der Waals surface area contributed by atoms with Gasteiger partial charge in [-0.3, -0.25) is 13.9 Å². The highest BCUT2D eigenvalue weighted by Gasteiger charge is 2.34. The van der Waals surface area contributed by atoms with Gasteiger partial charge in [0.25, 0.3) is 10.0 Å². The van der Waals surface area contributed by atoms with Crippen LogP contribution in [0.15, 0.2) is 83.8 Å². The fourth-order valence-electron chi connectivity index (χ4n) is 4.38. The summed E-state index contributed by atoms with van der Waals surface area (Å²) < 4.78 is 29.1. The molecule has 7 nitrogen and oxygen atoms in total. The Bertz CT molecular complexity index is 1360. The van der Waals surface area contributed by atoms with E-state index in [2.05, 4.69) is 5.32 Å². The molecule has 0 saturated carbocycles. The van der Waals surface area contributed by atoms with Gasteiger partial charge < -0.3 is 10.2 Å². The molecule has 0 unspecified atom stereocenters.